The molecule has 14 heteroatoms. The number of non-ortho nitro benzene ring substituents is 1. The highest BCUT2D eigenvalue weighted by Gasteiger charge is 2.56. The molecule has 0 saturated carbocycles. The lowest BCUT2D eigenvalue weighted by atomic mass is 9.83. The molecule has 2 N–H and O–H groups in total. The number of carbonyl (C=O) groups is 3. The summed E-state index contributed by atoms with van der Waals surface area (Å²) in [5.41, 5.74) is 2.33. The second kappa shape index (κ2) is 12.2. The van der Waals surface area contributed by atoms with Crippen LogP contribution in [0.3, 0.4) is 0 Å². The first-order valence-corrected chi connectivity index (χ1v) is 15.6. The van der Waals surface area contributed by atoms with E-state index >= 15 is 0 Å². The summed E-state index contributed by atoms with van der Waals surface area (Å²) in [6.07, 6.45) is 0. The SMILES string of the molecule is CCOc1cc([C@H]2c3sc(=O)[nH]c3SC3C(=O)N(c4ccc([N+](=O)[O-])cc4)C(=O)C32)ccc1OCC(=O)Nc1cccc(C)c1. The highest BCUT2D eigenvalue weighted by molar-refractivity contribution is 8.00. The average Bonchev–Trinajstić information content (AvgIpc) is 3.50. The Morgan fingerprint density at radius 2 is 1.80 bits per heavy atom. The van der Waals surface area contributed by atoms with E-state index in [1.54, 1.807) is 31.2 Å². The highest BCUT2D eigenvalue weighted by Crippen LogP contribution is 2.53. The van der Waals surface area contributed by atoms with Gasteiger partial charge in [0.2, 0.25) is 11.8 Å². The van der Waals surface area contributed by atoms with Crippen LogP contribution in [0, 0.1) is 23.0 Å². The Kier molecular flexibility index (Phi) is 8.16. The number of aromatic nitrogens is 1. The van der Waals surface area contributed by atoms with Crippen molar-refractivity contribution in [2.24, 2.45) is 5.92 Å². The molecule has 1 aromatic heterocycles. The minimum absolute atomic E-state index is 0.166. The van der Waals surface area contributed by atoms with Crippen LogP contribution in [0.5, 0.6) is 11.5 Å². The summed E-state index contributed by atoms with van der Waals surface area (Å²) in [7, 11) is 0. The van der Waals surface area contributed by atoms with E-state index in [9.17, 15) is 29.3 Å². The van der Waals surface area contributed by atoms with Gasteiger partial charge in [0.1, 0.15) is 5.25 Å². The predicted molar refractivity (Wildman–Crippen MR) is 168 cm³/mol. The molecule has 2 aliphatic rings. The van der Waals surface area contributed by atoms with Crippen LogP contribution in [0.15, 0.2) is 76.6 Å². The fourth-order valence-corrected chi connectivity index (χ4v) is 8.04. The highest BCUT2D eigenvalue weighted by atomic mass is 32.2. The summed E-state index contributed by atoms with van der Waals surface area (Å²) in [5.74, 6) is -2.20. The minimum Gasteiger partial charge on any atom is -0.490 e. The number of thioether (sulfide) groups is 1. The van der Waals surface area contributed by atoms with Crippen LogP contribution in [0.4, 0.5) is 17.1 Å². The van der Waals surface area contributed by atoms with Crippen LogP contribution in [-0.2, 0) is 14.4 Å². The molecule has 0 aliphatic carbocycles. The van der Waals surface area contributed by atoms with Gasteiger partial charge < -0.3 is 19.8 Å². The molecule has 0 bridgehead atoms. The Bertz CT molecular complexity index is 1890. The van der Waals surface area contributed by atoms with Crippen LogP contribution >= 0.6 is 23.1 Å². The third-order valence-corrected chi connectivity index (χ3v) is 9.83. The van der Waals surface area contributed by atoms with Gasteiger partial charge in [0.05, 0.1) is 28.2 Å². The van der Waals surface area contributed by atoms with E-state index in [1.165, 1.54) is 24.3 Å². The number of nitrogens with zero attached hydrogens (tertiary/aromatic N) is 2. The number of hydrogen-bond donors (Lipinski definition) is 2. The van der Waals surface area contributed by atoms with Crippen molar-refractivity contribution in [3.63, 3.8) is 0 Å². The quantitative estimate of drug-likeness (QED) is 0.147. The van der Waals surface area contributed by atoms with Crippen molar-refractivity contribution in [3.05, 3.63) is 103 Å². The zero-order valence-corrected chi connectivity index (χ0v) is 25.6. The number of amides is 3. The lowest BCUT2D eigenvalue weighted by Crippen LogP contribution is -2.32. The molecule has 3 aromatic carbocycles. The van der Waals surface area contributed by atoms with Crippen molar-refractivity contribution in [1.29, 1.82) is 0 Å². The number of imide groups is 1. The number of aromatic amines is 1. The molecule has 3 atom stereocenters. The summed E-state index contributed by atoms with van der Waals surface area (Å²) < 4.78 is 11.7. The molecule has 0 radical (unpaired) electrons. The minimum atomic E-state index is -0.863. The standard InChI is InChI=1S/C31H26N4O8S2/c1-3-42-22-14-17(7-12-21(22)43-15-23(36)32-18-6-4-5-16(2)13-18)24-25-27(44-28-26(24)45-31(39)33-28)30(38)34(29(25)37)19-8-10-20(11-9-19)35(40)41/h4-14,24-25,27H,3,15H2,1-2H3,(H,32,36)(H,33,39)/t24-,25?,27?/m1/s1. The maximum atomic E-state index is 14.0. The zero-order chi connectivity index (χ0) is 31.8. The summed E-state index contributed by atoms with van der Waals surface area (Å²) in [5, 5.41) is 13.6. The maximum Gasteiger partial charge on any atom is 0.305 e. The van der Waals surface area contributed by atoms with Gasteiger partial charge in [0.25, 0.3) is 11.6 Å². The number of anilines is 2. The predicted octanol–water partition coefficient (Wildman–Crippen LogP) is 4.87. The number of H-pyrrole nitrogens is 1. The van der Waals surface area contributed by atoms with Crippen molar-refractivity contribution >= 4 is 57.9 Å². The zero-order valence-electron chi connectivity index (χ0n) is 24.0. The monoisotopic (exact) mass is 646 g/mol. The summed E-state index contributed by atoms with van der Waals surface area (Å²) in [6.45, 7) is 3.73. The molecule has 3 amide bonds. The van der Waals surface area contributed by atoms with Gasteiger partial charge in [-0.1, -0.05) is 41.3 Å². The summed E-state index contributed by atoms with van der Waals surface area (Å²) >= 11 is 2.10. The molecule has 4 aromatic rings. The summed E-state index contributed by atoms with van der Waals surface area (Å²) in [4.78, 5) is 67.4. The van der Waals surface area contributed by atoms with Gasteiger partial charge in [-0.25, -0.2) is 4.90 Å². The van der Waals surface area contributed by atoms with Crippen molar-refractivity contribution in [2.45, 2.75) is 30.0 Å². The average molecular weight is 647 g/mol. The van der Waals surface area contributed by atoms with Crippen molar-refractivity contribution in [1.82, 2.24) is 4.98 Å². The van der Waals surface area contributed by atoms with E-state index < -0.39 is 33.8 Å². The van der Waals surface area contributed by atoms with Crippen LogP contribution in [-0.4, -0.2) is 46.1 Å². The van der Waals surface area contributed by atoms with E-state index in [0.29, 0.717) is 32.7 Å². The van der Waals surface area contributed by atoms with Gasteiger partial charge in [0.15, 0.2) is 18.1 Å². The first-order valence-electron chi connectivity index (χ1n) is 13.9. The van der Waals surface area contributed by atoms with E-state index in [0.717, 1.165) is 33.6 Å². The molecular formula is C31H26N4O8S2. The number of hydrogen-bond acceptors (Lipinski definition) is 10. The Balaban J connectivity index is 1.31. The second-order valence-electron chi connectivity index (χ2n) is 10.4. The van der Waals surface area contributed by atoms with Gasteiger partial charge >= 0.3 is 4.87 Å². The number of nitro groups is 1. The Hall–Kier alpha value is -4.95. The van der Waals surface area contributed by atoms with Crippen molar-refractivity contribution in [3.8, 4) is 11.5 Å². The van der Waals surface area contributed by atoms with E-state index in [-0.39, 0.29) is 35.4 Å². The topological polar surface area (TPSA) is 161 Å². The molecule has 0 spiro atoms. The van der Waals surface area contributed by atoms with E-state index in [1.807, 2.05) is 25.1 Å². The molecule has 1 saturated heterocycles. The van der Waals surface area contributed by atoms with E-state index in [4.69, 9.17) is 9.47 Å². The first-order chi connectivity index (χ1) is 21.6. The maximum absolute atomic E-state index is 14.0. The third-order valence-electron chi connectivity index (χ3n) is 7.43. The number of fused-ring (bicyclic) bond motifs is 2. The fraction of sp³-hybridized carbons (Fsp3) is 0.226. The molecule has 6 rings (SSSR count). The Morgan fingerprint density at radius 3 is 2.51 bits per heavy atom. The number of thiazole rings is 1. The lowest BCUT2D eigenvalue weighted by Gasteiger charge is -2.30. The number of benzene rings is 3. The second-order valence-corrected chi connectivity index (χ2v) is 12.5. The van der Waals surface area contributed by atoms with E-state index in [2.05, 4.69) is 10.3 Å². The number of aryl methyl sites for hydroxylation is 1. The Morgan fingerprint density at radius 1 is 1.02 bits per heavy atom. The van der Waals surface area contributed by atoms with Crippen LogP contribution in [0.1, 0.15) is 28.8 Å². The van der Waals surface area contributed by atoms with Crippen molar-refractivity contribution < 1.29 is 28.8 Å². The normalized spacial score (nSPS) is 18.7. The third kappa shape index (κ3) is 5.81. The molecule has 12 nitrogen and oxygen atoms in total. The molecule has 230 valence electrons. The number of ether oxygens (including phenoxy) is 2. The van der Waals surface area contributed by atoms with Gasteiger partial charge in [-0.2, -0.15) is 0 Å². The fourth-order valence-electron chi connectivity index (χ4n) is 5.52. The molecule has 2 aliphatic heterocycles. The first kappa shape index (κ1) is 30.1. The van der Waals surface area contributed by atoms with Crippen molar-refractivity contribution in [2.75, 3.05) is 23.4 Å². The number of rotatable bonds is 9. The number of nitrogens with one attached hydrogen (secondary N) is 2. The molecular weight excluding hydrogens is 620 g/mol. The lowest BCUT2D eigenvalue weighted by molar-refractivity contribution is -0.384. The molecule has 45 heavy (non-hydrogen) atoms. The Labute approximate surface area is 264 Å². The molecule has 1 fully saturated rings. The van der Waals surface area contributed by atoms with Gasteiger partial charge in [-0.05, 0) is 61.4 Å². The van der Waals surface area contributed by atoms with Gasteiger partial charge in [-0.15, -0.1) is 0 Å². The van der Waals surface area contributed by atoms with Crippen LogP contribution in [0.2, 0.25) is 0 Å². The van der Waals surface area contributed by atoms with Gasteiger partial charge in [0, 0.05) is 28.6 Å². The molecule has 2 unspecified atom stereocenters. The number of nitro benzene ring substituents is 1. The van der Waals surface area contributed by atoms with Gasteiger partial charge in [-0.3, -0.25) is 29.3 Å². The largest absolute Gasteiger partial charge is 0.490 e. The van der Waals surface area contributed by atoms with Crippen LogP contribution in [0.25, 0.3) is 0 Å². The number of carbonyl (C=O) groups excluding carboxylic acids is 3. The summed E-state index contributed by atoms with van der Waals surface area (Å²) in [6, 6.07) is 17.7. The van der Waals surface area contributed by atoms with Crippen LogP contribution < -0.4 is 24.6 Å². The smallest absolute Gasteiger partial charge is 0.305 e. The molecule has 3 heterocycles.